The van der Waals surface area contributed by atoms with E-state index >= 15 is 4.79 Å². The van der Waals surface area contributed by atoms with Crippen LogP contribution >= 0.6 is 0 Å². The fraction of sp³-hybridized carbons (Fsp3) is 0.797. The highest BCUT2D eigenvalue weighted by molar-refractivity contribution is 6.18. The van der Waals surface area contributed by atoms with Gasteiger partial charge >= 0.3 is 0 Å². The number of nitrogens with zero attached hydrogens (tertiary/aromatic N) is 2. The van der Waals surface area contributed by atoms with Crippen molar-refractivity contribution in [1.82, 2.24) is 9.80 Å². The van der Waals surface area contributed by atoms with Gasteiger partial charge in [-0.1, -0.05) is 293 Å². The maximum atomic E-state index is 15.7. The molecule has 0 aromatic rings. The van der Waals surface area contributed by atoms with Gasteiger partial charge in [0.15, 0.2) is 0 Å². The molecule has 498 valence electrons. The number of primary amides is 1. The van der Waals surface area contributed by atoms with Crippen molar-refractivity contribution in [2.75, 3.05) is 20.6 Å². The number of rotatable bonds is 65. The maximum Gasteiger partial charge on any atom is 0.252 e. The summed E-state index contributed by atoms with van der Waals surface area (Å²) in [5.41, 5.74) is 4.97. The molecule has 0 heterocycles. The second-order valence-corrected chi connectivity index (χ2v) is 26.1. The van der Waals surface area contributed by atoms with Crippen molar-refractivity contribution in [1.29, 1.82) is 0 Å². The van der Waals surface area contributed by atoms with Gasteiger partial charge in [-0.3, -0.25) is 19.2 Å². The van der Waals surface area contributed by atoms with Crippen molar-refractivity contribution >= 4 is 23.6 Å². The molecule has 7 nitrogen and oxygen atoms in total. The first-order valence-electron chi connectivity index (χ1n) is 37.4. The number of carbonyl (C=O) groups excluding carboxylic acids is 4. The number of carbonyl (C=O) groups is 4. The van der Waals surface area contributed by atoms with Gasteiger partial charge in [-0.05, 0) is 161 Å². The third-order valence-corrected chi connectivity index (χ3v) is 17.6. The van der Waals surface area contributed by atoms with Crippen LogP contribution in [-0.4, -0.2) is 54.1 Å². The minimum absolute atomic E-state index is 0.112. The van der Waals surface area contributed by atoms with Crippen molar-refractivity contribution in [2.45, 2.75) is 374 Å². The molecule has 0 fully saturated rings. The third-order valence-electron chi connectivity index (χ3n) is 17.6. The van der Waals surface area contributed by atoms with Crippen LogP contribution in [0.1, 0.15) is 374 Å². The molecule has 0 aromatic heterocycles. The summed E-state index contributed by atoms with van der Waals surface area (Å²) in [7, 11) is 3.99. The summed E-state index contributed by atoms with van der Waals surface area (Å²) >= 11 is 0. The number of hydrogen-bond donors (Lipinski definition) is 1. The second-order valence-electron chi connectivity index (χ2n) is 26.1. The summed E-state index contributed by atoms with van der Waals surface area (Å²) in [6.45, 7) is 9.51. The van der Waals surface area contributed by atoms with Crippen LogP contribution in [0, 0.1) is 11.3 Å². The van der Waals surface area contributed by atoms with E-state index in [9.17, 15) is 14.4 Å². The van der Waals surface area contributed by atoms with Crippen molar-refractivity contribution in [3.05, 3.63) is 72.9 Å². The normalized spacial score (nSPS) is 13.3. The van der Waals surface area contributed by atoms with Gasteiger partial charge < -0.3 is 10.6 Å². The Morgan fingerprint density at radius 1 is 0.337 bits per heavy atom. The van der Waals surface area contributed by atoms with Crippen LogP contribution < -0.4 is 5.73 Å². The van der Waals surface area contributed by atoms with E-state index in [0.717, 1.165) is 146 Å². The van der Waals surface area contributed by atoms with E-state index in [1.54, 1.807) is 0 Å². The molecule has 2 N–H and O–H groups in total. The first-order valence-corrected chi connectivity index (χ1v) is 37.4. The number of allylic oxidation sites excluding steroid dienone is 12. The Bertz CT molecular complexity index is 1670. The summed E-state index contributed by atoms with van der Waals surface area (Å²) in [6, 6.07) is 0. The molecule has 0 aliphatic rings. The van der Waals surface area contributed by atoms with Gasteiger partial charge in [0.05, 0.1) is 0 Å². The van der Waals surface area contributed by atoms with Gasteiger partial charge in [-0.25, -0.2) is 4.90 Å². The molecule has 7 heteroatoms. The predicted molar refractivity (Wildman–Crippen MR) is 377 cm³/mol. The molecule has 0 rings (SSSR count). The lowest BCUT2D eigenvalue weighted by atomic mass is 9.67. The quantitative estimate of drug-likeness (QED) is 0.0371. The highest BCUT2D eigenvalue weighted by atomic mass is 16.2. The summed E-state index contributed by atoms with van der Waals surface area (Å²) in [5.74, 6) is -2.65. The number of nitrogens with two attached hydrogens (primary N) is 1. The van der Waals surface area contributed by atoms with Crippen molar-refractivity contribution in [3.63, 3.8) is 0 Å². The molecule has 0 saturated carbocycles. The van der Waals surface area contributed by atoms with Crippen LogP contribution in [-0.2, 0) is 19.2 Å². The van der Waals surface area contributed by atoms with Crippen LogP contribution in [0.3, 0.4) is 0 Å². The molecule has 0 aliphatic heterocycles. The molecule has 2 atom stereocenters. The number of unbranched alkanes of at least 4 members (excludes halogenated alkanes) is 40. The predicted octanol–water partition coefficient (Wildman–Crippen LogP) is 24.0. The highest BCUT2D eigenvalue weighted by Gasteiger charge is 2.54. The largest absolute Gasteiger partial charge is 0.369 e. The molecule has 2 unspecified atom stereocenters. The van der Waals surface area contributed by atoms with Crippen LogP contribution in [0.25, 0.3) is 0 Å². The summed E-state index contributed by atoms with van der Waals surface area (Å²) in [4.78, 5) is 62.6. The molecule has 4 amide bonds. The molecular weight excluding hydrogens is 1050 g/mol. The summed E-state index contributed by atoms with van der Waals surface area (Å²) in [5, 5.41) is 0. The first-order chi connectivity index (χ1) is 42.1. The Morgan fingerprint density at radius 3 is 0.907 bits per heavy atom. The Morgan fingerprint density at radius 2 is 0.593 bits per heavy atom. The van der Waals surface area contributed by atoms with Gasteiger partial charge in [0.1, 0.15) is 5.41 Å². The van der Waals surface area contributed by atoms with Crippen LogP contribution in [0.5, 0.6) is 0 Å². The Balaban J connectivity index is 6.21. The molecule has 0 spiro atoms. The van der Waals surface area contributed by atoms with E-state index in [2.05, 4.69) is 106 Å². The van der Waals surface area contributed by atoms with Crippen molar-refractivity contribution < 1.29 is 19.2 Å². The fourth-order valence-corrected chi connectivity index (χ4v) is 12.1. The van der Waals surface area contributed by atoms with E-state index in [1.165, 1.54) is 161 Å². The molecule has 86 heavy (non-hydrogen) atoms. The SMILES string of the molecule is CCCCC/C=C\C/C=C\CCCCCCCC(=O)N(C(=O)CCCCCCC/C=C\C/C=C\CCCCC)C(=O)C(CCCCCCCC/C=C\CCCCCCCC)(C(N)=O)C(CCCCCCCC/C=C\CCCCCCCC)CN(C)C. The van der Waals surface area contributed by atoms with Gasteiger partial charge in [0.25, 0.3) is 5.91 Å². The Kier molecular flexibility index (Phi) is 62.2. The van der Waals surface area contributed by atoms with E-state index in [1.807, 2.05) is 14.1 Å². The minimum atomic E-state index is -1.66. The van der Waals surface area contributed by atoms with Crippen LogP contribution in [0.15, 0.2) is 72.9 Å². The van der Waals surface area contributed by atoms with Gasteiger partial charge in [0.2, 0.25) is 17.7 Å². The van der Waals surface area contributed by atoms with E-state index in [4.69, 9.17) is 5.73 Å². The fourth-order valence-electron chi connectivity index (χ4n) is 12.1. The van der Waals surface area contributed by atoms with Crippen molar-refractivity contribution in [2.24, 2.45) is 17.1 Å². The number of amides is 4. The standard InChI is InChI=1S/C79H143N3O4/c1-7-11-15-19-23-27-31-35-39-43-45-49-53-57-61-65-69-74(73-81(5)6)79(77(80)85,72-68-64-60-56-52-48-44-40-36-32-28-24-20-16-12-8-2)78(86)82(75(83)70-66-62-58-54-50-46-41-37-33-29-25-21-17-13-9-3)76(84)71-67-63-59-55-51-47-42-38-34-30-26-22-18-14-10-4/h25-26,29-30,35-42,74H,7-24,27-28,31-34,43-73H2,1-6H3,(H2,80,85)/b29-25-,30-26-,39-35-,40-36-,41-37-,42-38-. The lowest BCUT2D eigenvalue weighted by molar-refractivity contribution is -0.164. The zero-order valence-electron chi connectivity index (χ0n) is 58.0. The van der Waals surface area contributed by atoms with E-state index in [-0.39, 0.29) is 19.3 Å². The molecule has 0 bridgehead atoms. The van der Waals surface area contributed by atoms with E-state index in [0.29, 0.717) is 32.2 Å². The highest BCUT2D eigenvalue weighted by Crippen LogP contribution is 2.41. The molecule has 0 aliphatic carbocycles. The van der Waals surface area contributed by atoms with Gasteiger partial charge in [-0.15, -0.1) is 0 Å². The average molecular weight is 1200 g/mol. The Labute approximate surface area is 535 Å². The Hall–Kier alpha value is -3.32. The zero-order valence-corrected chi connectivity index (χ0v) is 58.0. The van der Waals surface area contributed by atoms with Crippen molar-refractivity contribution in [3.8, 4) is 0 Å². The molecule has 0 radical (unpaired) electrons. The zero-order chi connectivity index (χ0) is 62.9. The molecular formula is C79H143N3O4. The first kappa shape index (κ1) is 82.7. The van der Waals surface area contributed by atoms with Gasteiger partial charge in [-0.2, -0.15) is 0 Å². The maximum absolute atomic E-state index is 15.7. The van der Waals surface area contributed by atoms with Crippen LogP contribution in [0.4, 0.5) is 0 Å². The summed E-state index contributed by atoms with van der Waals surface area (Å²) < 4.78 is 0. The lowest BCUT2D eigenvalue weighted by Gasteiger charge is -2.40. The molecule has 0 saturated heterocycles. The summed E-state index contributed by atoms with van der Waals surface area (Å²) in [6.07, 6.45) is 85.3. The smallest absolute Gasteiger partial charge is 0.252 e. The minimum Gasteiger partial charge on any atom is -0.369 e. The van der Waals surface area contributed by atoms with Gasteiger partial charge in [0, 0.05) is 19.4 Å². The topological polar surface area (TPSA) is 101 Å². The third kappa shape index (κ3) is 49.5. The van der Waals surface area contributed by atoms with Crippen LogP contribution in [0.2, 0.25) is 0 Å². The van der Waals surface area contributed by atoms with E-state index < -0.39 is 35.0 Å². The lowest BCUT2D eigenvalue weighted by Crippen LogP contribution is -2.59. The monoisotopic (exact) mass is 1200 g/mol. The number of imide groups is 3. The molecule has 0 aromatic carbocycles. The number of hydrogen-bond acceptors (Lipinski definition) is 5. The average Bonchev–Trinajstić information content (AvgIpc) is 0.924. The second kappa shape index (κ2) is 64.7.